The highest BCUT2D eigenvalue weighted by molar-refractivity contribution is 5.81. The SMILES string of the molecule is C=CC(=O)OC(F)(F)C(F)(CCC(=O)OC)C(F)(F)C(F)(F)C(F)(F)C(F)(F)C(F)(F)C(F)(F)F. The number of esters is 2. The summed E-state index contributed by atoms with van der Waals surface area (Å²) in [5.41, 5.74) is -6.83. The lowest BCUT2D eigenvalue weighted by Crippen LogP contribution is -2.75. The van der Waals surface area contributed by atoms with Crippen LogP contribution in [0, 0.1) is 0 Å². The van der Waals surface area contributed by atoms with Gasteiger partial charge >= 0.3 is 53.8 Å². The lowest BCUT2D eigenvalue weighted by molar-refractivity contribution is -0.460. The van der Waals surface area contributed by atoms with Crippen molar-refractivity contribution >= 4 is 11.9 Å². The van der Waals surface area contributed by atoms with Crippen LogP contribution in [0.25, 0.3) is 0 Å². The molecule has 0 aliphatic carbocycles. The second-order valence-electron chi connectivity index (χ2n) is 6.39. The van der Waals surface area contributed by atoms with Crippen LogP contribution in [0.4, 0.5) is 70.2 Å². The van der Waals surface area contributed by atoms with Crippen LogP contribution in [0.3, 0.4) is 0 Å². The second kappa shape index (κ2) is 9.21. The van der Waals surface area contributed by atoms with Crippen molar-refractivity contribution in [2.24, 2.45) is 0 Å². The molecule has 0 aliphatic rings. The topological polar surface area (TPSA) is 52.6 Å². The van der Waals surface area contributed by atoms with Gasteiger partial charge in [0.2, 0.25) is 0 Å². The quantitative estimate of drug-likeness (QED) is 0.185. The fraction of sp³-hybridized carbons (Fsp3) is 0.733. The van der Waals surface area contributed by atoms with Crippen LogP contribution < -0.4 is 0 Å². The molecule has 0 aromatic carbocycles. The molecule has 0 saturated carbocycles. The van der Waals surface area contributed by atoms with Crippen molar-refractivity contribution in [1.29, 1.82) is 0 Å². The number of ether oxygens (including phenoxy) is 2. The van der Waals surface area contributed by atoms with Crippen LogP contribution in [0.15, 0.2) is 12.7 Å². The van der Waals surface area contributed by atoms with Gasteiger partial charge < -0.3 is 9.47 Å². The Morgan fingerprint density at radius 3 is 1.40 bits per heavy atom. The van der Waals surface area contributed by atoms with E-state index in [0.29, 0.717) is 7.11 Å². The Balaban J connectivity index is 7.12. The van der Waals surface area contributed by atoms with E-state index >= 15 is 0 Å². The number of methoxy groups -OCH3 is 1. The highest BCUT2D eigenvalue weighted by Crippen LogP contribution is 2.64. The zero-order valence-corrected chi connectivity index (χ0v) is 16.4. The first-order chi connectivity index (χ1) is 15.2. The highest BCUT2D eigenvalue weighted by Gasteiger charge is 2.94. The van der Waals surface area contributed by atoms with Crippen molar-refractivity contribution < 1.29 is 89.3 Å². The Morgan fingerprint density at radius 1 is 0.686 bits per heavy atom. The zero-order valence-electron chi connectivity index (χ0n) is 16.4. The summed E-state index contributed by atoms with van der Waals surface area (Å²) < 4.78 is 221. The largest absolute Gasteiger partial charge is 0.469 e. The smallest absolute Gasteiger partial charge is 0.460 e. The number of rotatable bonds is 11. The summed E-state index contributed by atoms with van der Waals surface area (Å²) in [5, 5.41) is 0. The molecule has 0 aromatic heterocycles. The van der Waals surface area contributed by atoms with Gasteiger partial charge in [0.05, 0.1) is 7.11 Å². The third-order valence-electron chi connectivity index (χ3n) is 4.19. The van der Waals surface area contributed by atoms with Gasteiger partial charge in [-0.1, -0.05) is 6.58 Å². The highest BCUT2D eigenvalue weighted by atomic mass is 19.4. The molecule has 0 saturated heterocycles. The van der Waals surface area contributed by atoms with Crippen LogP contribution in [0.1, 0.15) is 12.8 Å². The molecule has 0 N–H and O–H groups in total. The average molecular weight is 558 g/mol. The summed E-state index contributed by atoms with van der Waals surface area (Å²) in [6.07, 6.45) is -20.2. The van der Waals surface area contributed by atoms with Crippen molar-refractivity contribution in [2.45, 2.75) is 60.4 Å². The van der Waals surface area contributed by atoms with Crippen molar-refractivity contribution in [3.8, 4) is 0 Å². The number of carbonyl (C=O) groups is 2. The lowest BCUT2D eigenvalue weighted by Gasteiger charge is -2.45. The molecule has 0 heterocycles. The van der Waals surface area contributed by atoms with Crippen molar-refractivity contribution in [1.82, 2.24) is 0 Å². The molecule has 0 spiro atoms. The van der Waals surface area contributed by atoms with Crippen LogP contribution in [0.2, 0.25) is 0 Å². The number of carbonyl (C=O) groups excluding carboxylic acids is 2. The molecular weight excluding hydrogens is 548 g/mol. The second-order valence-corrected chi connectivity index (χ2v) is 6.39. The molecule has 0 aliphatic heterocycles. The standard InChI is InChI=1S/C15H10F16O4/c1-3-6(32)35-15(30,31)8(16,5-4-7(33)34-2)9(17,18)10(19,20)11(21,22)12(23,24)13(25,26)14(27,28)29/h3H,1,4-5H2,2H3. The minimum atomic E-state index is -8.62. The summed E-state index contributed by atoms with van der Waals surface area (Å²) in [7, 11) is 0.360. The zero-order chi connectivity index (χ0) is 28.7. The van der Waals surface area contributed by atoms with Crippen molar-refractivity contribution in [2.75, 3.05) is 7.11 Å². The molecule has 20 heteroatoms. The van der Waals surface area contributed by atoms with E-state index in [4.69, 9.17) is 0 Å². The van der Waals surface area contributed by atoms with Crippen LogP contribution in [-0.4, -0.2) is 66.6 Å². The molecule has 35 heavy (non-hydrogen) atoms. The van der Waals surface area contributed by atoms with Crippen LogP contribution in [0.5, 0.6) is 0 Å². The Kier molecular flexibility index (Phi) is 8.57. The fourth-order valence-corrected chi connectivity index (χ4v) is 2.13. The van der Waals surface area contributed by atoms with Gasteiger partial charge in [-0.15, -0.1) is 0 Å². The molecule has 0 radical (unpaired) electrons. The van der Waals surface area contributed by atoms with E-state index in [-0.39, 0.29) is 6.08 Å². The average Bonchev–Trinajstić information content (AvgIpc) is 2.69. The van der Waals surface area contributed by atoms with Crippen molar-refractivity contribution in [3.63, 3.8) is 0 Å². The normalized spacial score (nSPS) is 16.4. The van der Waals surface area contributed by atoms with Gasteiger partial charge in [-0.25, -0.2) is 9.18 Å². The van der Waals surface area contributed by atoms with Gasteiger partial charge in [-0.3, -0.25) is 4.79 Å². The number of hydrogen-bond donors (Lipinski definition) is 0. The van der Waals surface area contributed by atoms with E-state index in [2.05, 4.69) is 16.1 Å². The number of halogens is 16. The molecule has 0 amide bonds. The number of alkyl halides is 16. The minimum absolute atomic E-state index is 0.360. The molecule has 1 atom stereocenters. The van der Waals surface area contributed by atoms with E-state index in [1.807, 2.05) is 0 Å². The predicted molar refractivity (Wildman–Crippen MR) is 77.1 cm³/mol. The molecule has 206 valence electrons. The molecular formula is C15H10F16O4. The van der Waals surface area contributed by atoms with Gasteiger partial charge in [0, 0.05) is 18.9 Å². The van der Waals surface area contributed by atoms with E-state index in [0.717, 1.165) is 0 Å². The molecule has 4 nitrogen and oxygen atoms in total. The Morgan fingerprint density at radius 2 is 1.06 bits per heavy atom. The molecule has 0 aromatic rings. The summed E-state index contributed by atoms with van der Waals surface area (Å²) in [5.74, 6) is -46.6. The summed E-state index contributed by atoms with van der Waals surface area (Å²) in [4.78, 5) is 21.8. The van der Waals surface area contributed by atoms with Gasteiger partial charge in [-0.2, -0.15) is 65.9 Å². The van der Waals surface area contributed by atoms with Crippen LogP contribution >= 0.6 is 0 Å². The third kappa shape index (κ3) is 4.83. The maximum atomic E-state index is 14.8. The van der Waals surface area contributed by atoms with Gasteiger partial charge in [0.25, 0.3) is 5.67 Å². The van der Waals surface area contributed by atoms with Crippen LogP contribution in [-0.2, 0) is 19.1 Å². The van der Waals surface area contributed by atoms with Gasteiger partial charge in [0.1, 0.15) is 0 Å². The van der Waals surface area contributed by atoms with Crippen molar-refractivity contribution in [3.05, 3.63) is 12.7 Å². The lowest BCUT2D eigenvalue weighted by atomic mass is 9.82. The first kappa shape index (κ1) is 32.6. The van der Waals surface area contributed by atoms with Gasteiger partial charge in [-0.05, 0) is 0 Å². The van der Waals surface area contributed by atoms with E-state index in [1.54, 1.807) is 0 Å². The van der Waals surface area contributed by atoms with Gasteiger partial charge in [0.15, 0.2) is 0 Å². The maximum absolute atomic E-state index is 14.8. The Hall–Kier alpha value is -2.44. The van der Waals surface area contributed by atoms with E-state index in [9.17, 15) is 79.8 Å². The Bertz CT molecular complexity index is 818. The summed E-state index contributed by atoms with van der Waals surface area (Å²) in [6.45, 7) is 2.40. The Labute approximate surface area is 182 Å². The fourth-order valence-electron chi connectivity index (χ4n) is 2.13. The minimum Gasteiger partial charge on any atom is -0.469 e. The third-order valence-corrected chi connectivity index (χ3v) is 4.19. The molecule has 0 bridgehead atoms. The molecule has 0 fully saturated rings. The molecule has 0 rings (SSSR count). The molecule has 1 unspecified atom stereocenters. The first-order valence-electron chi connectivity index (χ1n) is 8.11. The predicted octanol–water partition coefficient (Wildman–Crippen LogP) is 5.71. The summed E-state index contributed by atoms with van der Waals surface area (Å²) >= 11 is 0. The maximum Gasteiger partial charge on any atom is 0.460 e. The van der Waals surface area contributed by atoms with E-state index < -0.39 is 72.3 Å². The summed E-state index contributed by atoms with van der Waals surface area (Å²) in [6, 6.07) is 0. The first-order valence-corrected chi connectivity index (χ1v) is 8.11. The van der Waals surface area contributed by atoms with E-state index in [1.165, 1.54) is 0 Å². The number of hydrogen-bond acceptors (Lipinski definition) is 4. The monoisotopic (exact) mass is 558 g/mol.